The molecule has 0 fully saturated rings. The number of hydrogen-bond acceptors (Lipinski definition) is 2. The maximum Gasteiger partial charge on any atom is 0.0299 e. The molecule has 0 radical (unpaired) electrons. The first-order chi connectivity index (χ1) is 6.08. The monoisotopic (exact) mass is 178 g/mol. The highest BCUT2D eigenvalue weighted by atomic mass is 14.6. The molecule has 2 nitrogen and oxygen atoms in total. The molecule has 2 heteroatoms. The van der Waals surface area contributed by atoms with E-state index in [4.69, 9.17) is 5.73 Å². The molecule has 0 amide bonds. The number of aryl methyl sites for hydroxylation is 1. The van der Waals surface area contributed by atoms with E-state index in [2.05, 4.69) is 31.8 Å². The van der Waals surface area contributed by atoms with Crippen molar-refractivity contribution in [1.82, 2.24) is 4.98 Å². The van der Waals surface area contributed by atoms with Crippen LogP contribution in [0.25, 0.3) is 0 Å². The van der Waals surface area contributed by atoms with Crippen LogP contribution in [-0.2, 0) is 5.41 Å². The zero-order valence-electron chi connectivity index (χ0n) is 8.67. The van der Waals surface area contributed by atoms with Crippen molar-refractivity contribution in [2.45, 2.75) is 32.6 Å². The Hall–Kier alpha value is -0.890. The molecule has 0 atom stereocenters. The summed E-state index contributed by atoms with van der Waals surface area (Å²) in [7, 11) is 0. The molecular formula is C11H18N2. The summed E-state index contributed by atoms with van der Waals surface area (Å²) in [6.45, 7) is 7.28. The van der Waals surface area contributed by atoms with Gasteiger partial charge in [-0.3, -0.25) is 4.98 Å². The van der Waals surface area contributed by atoms with E-state index in [1.54, 1.807) is 0 Å². The van der Waals surface area contributed by atoms with Gasteiger partial charge in [-0.15, -0.1) is 0 Å². The van der Waals surface area contributed by atoms with Gasteiger partial charge < -0.3 is 5.73 Å². The summed E-state index contributed by atoms with van der Waals surface area (Å²) in [6, 6.07) is 2.09. The second kappa shape index (κ2) is 3.88. The van der Waals surface area contributed by atoms with Crippen molar-refractivity contribution in [1.29, 1.82) is 0 Å². The van der Waals surface area contributed by atoms with Gasteiger partial charge in [0.15, 0.2) is 0 Å². The average Bonchev–Trinajstić information content (AvgIpc) is 2.04. The minimum Gasteiger partial charge on any atom is -0.330 e. The maximum atomic E-state index is 5.59. The highest BCUT2D eigenvalue weighted by Gasteiger charge is 2.20. The van der Waals surface area contributed by atoms with Crippen molar-refractivity contribution >= 4 is 0 Å². The summed E-state index contributed by atoms with van der Waals surface area (Å²) < 4.78 is 0. The van der Waals surface area contributed by atoms with Crippen molar-refractivity contribution in [3.8, 4) is 0 Å². The summed E-state index contributed by atoms with van der Waals surface area (Å²) >= 11 is 0. The normalized spacial score (nSPS) is 11.7. The zero-order chi connectivity index (χ0) is 9.90. The molecule has 0 bridgehead atoms. The Kier molecular flexibility index (Phi) is 3.04. The maximum absolute atomic E-state index is 5.59. The second-order valence-corrected chi connectivity index (χ2v) is 4.11. The Morgan fingerprint density at radius 3 is 2.69 bits per heavy atom. The minimum absolute atomic E-state index is 0.168. The van der Waals surface area contributed by atoms with Gasteiger partial charge in [-0.2, -0.15) is 0 Å². The van der Waals surface area contributed by atoms with Crippen molar-refractivity contribution in [2.75, 3.05) is 6.54 Å². The van der Waals surface area contributed by atoms with Crippen LogP contribution in [0.2, 0.25) is 0 Å². The van der Waals surface area contributed by atoms with E-state index in [0.717, 1.165) is 13.0 Å². The third-order valence-electron chi connectivity index (χ3n) is 2.52. The fraction of sp³-hybridized carbons (Fsp3) is 0.545. The summed E-state index contributed by atoms with van der Waals surface area (Å²) in [5.74, 6) is 0. The van der Waals surface area contributed by atoms with Crippen LogP contribution in [0.1, 0.15) is 31.4 Å². The number of nitrogens with two attached hydrogens (primary N) is 1. The summed E-state index contributed by atoms with van der Waals surface area (Å²) in [4.78, 5) is 4.09. The van der Waals surface area contributed by atoms with Crippen LogP contribution in [0, 0.1) is 6.92 Å². The van der Waals surface area contributed by atoms with Gasteiger partial charge in [0.05, 0.1) is 0 Å². The summed E-state index contributed by atoms with van der Waals surface area (Å²) in [6.07, 6.45) is 4.77. The lowest BCUT2D eigenvalue weighted by Gasteiger charge is -2.26. The highest BCUT2D eigenvalue weighted by Crippen LogP contribution is 2.28. The summed E-state index contributed by atoms with van der Waals surface area (Å²) in [5, 5.41) is 0. The molecule has 0 aromatic carbocycles. The van der Waals surface area contributed by atoms with E-state index >= 15 is 0 Å². The molecule has 72 valence electrons. The molecule has 0 saturated carbocycles. The first kappa shape index (κ1) is 10.2. The topological polar surface area (TPSA) is 38.9 Å². The Labute approximate surface area is 80.2 Å². The lowest BCUT2D eigenvalue weighted by atomic mass is 9.80. The SMILES string of the molecule is Cc1cnccc1C(C)(C)CCN. The van der Waals surface area contributed by atoms with Gasteiger partial charge in [-0.25, -0.2) is 0 Å². The molecule has 1 heterocycles. The molecule has 0 saturated heterocycles. The molecule has 0 spiro atoms. The fourth-order valence-electron chi connectivity index (χ4n) is 1.73. The summed E-state index contributed by atoms with van der Waals surface area (Å²) in [5.41, 5.74) is 8.36. The van der Waals surface area contributed by atoms with Gasteiger partial charge in [-0.1, -0.05) is 13.8 Å². The molecule has 1 rings (SSSR count). The van der Waals surface area contributed by atoms with E-state index in [-0.39, 0.29) is 5.41 Å². The van der Waals surface area contributed by atoms with Crippen LogP contribution in [-0.4, -0.2) is 11.5 Å². The lowest BCUT2D eigenvalue weighted by molar-refractivity contribution is 0.484. The number of aromatic nitrogens is 1. The van der Waals surface area contributed by atoms with Crippen LogP contribution in [0.3, 0.4) is 0 Å². The highest BCUT2D eigenvalue weighted by molar-refractivity contribution is 5.29. The van der Waals surface area contributed by atoms with Crippen LogP contribution in [0.5, 0.6) is 0 Å². The van der Waals surface area contributed by atoms with E-state index in [0.29, 0.717) is 0 Å². The second-order valence-electron chi connectivity index (χ2n) is 4.11. The molecule has 13 heavy (non-hydrogen) atoms. The average molecular weight is 178 g/mol. The number of hydrogen-bond donors (Lipinski definition) is 1. The fourth-order valence-corrected chi connectivity index (χ4v) is 1.73. The third kappa shape index (κ3) is 2.28. The lowest BCUT2D eigenvalue weighted by Crippen LogP contribution is -2.22. The van der Waals surface area contributed by atoms with Gasteiger partial charge >= 0.3 is 0 Å². The van der Waals surface area contributed by atoms with Crippen LogP contribution < -0.4 is 5.73 Å². The molecule has 1 aromatic rings. The quantitative estimate of drug-likeness (QED) is 0.769. The predicted octanol–water partition coefficient (Wildman–Crippen LogP) is 2.02. The standard InChI is InChI=1S/C11H18N2/c1-9-8-13-7-4-10(9)11(2,3)5-6-12/h4,7-8H,5-6,12H2,1-3H3. The molecule has 0 aliphatic heterocycles. The van der Waals surface area contributed by atoms with Crippen molar-refractivity contribution in [3.05, 3.63) is 29.6 Å². The van der Waals surface area contributed by atoms with Crippen LogP contribution in [0.4, 0.5) is 0 Å². The zero-order valence-corrected chi connectivity index (χ0v) is 8.67. The first-order valence-electron chi connectivity index (χ1n) is 4.69. The van der Waals surface area contributed by atoms with Gasteiger partial charge in [0.2, 0.25) is 0 Å². The molecular weight excluding hydrogens is 160 g/mol. The third-order valence-corrected chi connectivity index (χ3v) is 2.52. The van der Waals surface area contributed by atoms with Gasteiger partial charge in [0.1, 0.15) is 0 Å². The van der Waals surface area contributed by atoms with Crippen LogP contribution in [0.15, 0.2) is 18.5 Å². The van der Waals surface area contributed by atoms with E-state index in [9.17, 15) is 0 Å². The van der Waals surface area contributed by atoms with E-state index in [1.165, 1.54) is 11.1 Å². The predicted molar refractivity (Wildman–Crippen MR) is 55.7 cm³/mol. The smallest absolute Gasteiger partial charge is 0.0299 e. The molecule has 0 aliphatic rings. The van der Waals surface area contributed by atoms with Gasteiger partial charge in [0.25, 0.3) is 0 Å². The van der Waals surface area contributed by atoms with Crippen LogP contribution >= 0.6 is 0 Å². The Balaban J connectivity index is 2.99. The Morgan fingerprint density at radius 2 is 2.15 bits per heavy atom. The molecule has 0 unspecified atom stereocenters. The number of pyridine rings is 1. The number of nitrogens with zero attached hydrogens (tertiary/aromatic N) is 1. The minimum atomic E-state index is 0.168. The van der Waals surface area contributed by atoms with E-state index in [1.807, 2.05) is 12.4 Å². The molecule has 2 N–H and O–H groups in total. The van der Waals surface area contributed by atoms with Gasteiger partial charge in [-0.05, 0) is 42.5 Å². The van der Waals surface area contributed by atoms with Crippen molar-refractivity contribution < 1.29 is 0 Å². The van der Waals surface area contributed by atoms with Crippen molar-refractivity contribution in [2.24, 2.45) is 5.73 Å². The Bertz CT molecular complexity index is 279. The molecule has 0 aliphatic carbocycles. The largest absolute Gasteiger partial charge is 0.330 e. The Morgan fingerprint density at radius 1 is 1.46 bits per heavy atom. The molecule has 1 aromatic heterocycles. The van der Waals surface area contributed by atoms with Gasteiger partial charge in [0, 0.05) is 12.4 Å². The van der Waals surface area contributed by atoms with Crippen molar-refractivity contribution in [3.63, 3.8) is 0 Å². The first-order valence-corrected chi connectivity index (χ1v) is 4.69. The number of rotatable bonds is 3. The van der Waals surface area contributed by atoms with E-state index < -0.39 is 0 Å².